The summed E-state index contributed by atoms with van der Waals surface area (Å²) < 4.78 is 34.3. The summed E-state index contributed by atoms with van der Waals surface area (Å²) >= 11 is 0. The topological polar surface area (TPSA) is 20.2 Å². The normalized spacial score (nSPS) is 24.0. The van der Waals surface area contributed by atoms with Gasteiger partial charge in [-0.3, -0.25) is 0 Å². The van der Waals surface area contributed by atoms with E-state index in [4.69, 9.17) is 5.11 Å². The molecule has 0 spiro atoms. The van der Waals surface area contributed by atoms with Gasteiger partial charge in [-0.05, 0) is 12.8 Å². The van der Waals surface area contributed by atoms with E-state index in [1.807, 2.05) is 0 Å². The fraction of sp³-hybridized carbons (Fsp3) is 1.00. The van der Waals surface area contributed by atoms with Gasteiger partial charge in [0, 0.05) is 0 Å². The quantitative estimate of drug-likeness (QED) is 0.584. The average molecular weight is 140 g/mol. The maximum absolute atomic E-state index is 11.4. The van der Waals surface area contributed by atoms with Crippen LogP contribution in [0.1, 0.15) is 19.3 Å². The lowest BCUT2D eigenvalue weighted by Gasteiger charge is -2.09. The molecule has 1 saturated carbocycles. The minimum absolute atomic E-state index is 0.298. The minimum Gasteiger partial charge on any atom is -0.390 e. The Morgan fingerprint density at radius 2 is 1.78 bits per heavy atom. The molecule has 0 heterocycles. The van der Waals surface area contributed by atoms with Crippen LogP contribution in [0.15, 0.2) is 0 Å². The number of hydrogen-bond acceptors (Lipinski definition) is 1. The zero-order chi connectivity index (χ0) is 7.12. The molecule has 0 atom stereocenters. The van der Waals surface area contributed by atoms with Crippen molar-refractivity contribution in [1.82, 2.24) is 0 Å². The van der Waals surface area contributed by atoms with Crippen molar-refractivity contribution >= 4 is 0 Å². The summed E-state index contributed by atoms with van der Waals surface area (Å²) in [7, 11) is 0. The molecule has 1 nitrogen and oxygen atoms in total. The first-order valence-electron chi connectivity index (χ1n) is 2.70. The average Bonchev–Trinajstić information content (AvgIpc) is 2.12. The molecule has 0 amide bonds. The summed E-state index contributed by atoms with van der Waals surface area (Å²) in [6, 6.07) is 0. The predicted octanol–water partition coefficient (Wildman–Crippen LogP) is 1.46. The second-order valence-electron chi connectivity index (χ2n) is 2.52. The number of halogens is 3. The van der Waals surface area contributed by atoms with E-state index in [0.29, 0.717) is 12.8 Å². The number of alkyl halides is 3. The summed E-state index contributed by atoms with van der Waals surface area (Å²) in [5.74, 6) is 0. The zero-order valence-electron chi connectivity index (χ0n) is 4.70. The molecule has 1 aliphatic rings. The molecule has 0 bridgehead atoms. The Kier molecular flexibility index (Phi) is 1.24. The first-order valence-corrected chi connectivity index (χ1v) is 2.70. The fourth-order valence-corrected chi connectivity index (χ4v) is 0.694. The standard InChI is InChI=1S/C5H7F3O/c6-5(7,8)3-4(9)1-2-4/h9H,1-3H2. The van der Waals surface area contributed by atoms with Crippen molar-refractivity contribution < 1.29 is 18.3 Å². The zero-order valence-corrected chi connectivity index (χ0v) is 4.70. The van der Waals surface area contributed by atoms with Gasteiger partial charge in [-0.1, -0.05) is 0 Å². The van der Waals surface area contributed by atoms with Gasteiger partial charge in [0.05, 0.1) is 12.0 Å². The van der Waals surface area contributed by atoms with Crippen molar-refractivity contribution in [2.75, 3.05) is 0 Å². The lowest BCUT2D eigenvalue weighted by molar-refractivity contribution is -0.157. The molecule has 54 valence electrons. The van der Waals surface area contributed by atoms with Gasteiger partial charge in [0.25, 0.3) is 0 Å². The van der Waals surface area contributed by atoms with E-state index in [9.17, 15) is 13.2 Å². The van der Waals surface area contributed by atoms with Crippen LogP contribution < -0.4 is 0 Å². The molecular weight excluding hydrogens is 133 g/mol. The van der Waals surface area contributed by atoms with Gasteiger partial charge in [0.2, 0.25) is 0 Å². The Balaban J connectivity index is 2.33. The minimum atomic E-state index is -4.20. The van der Waals surface area contributed by atoms with Crippen LogP contribution >= 0.6 is 0 Å². The molecule has 0 aromatic rings. The number of rotatable bonds is 1. The highest BCUT2D eigenvalue weighted by atomic mass is 19.4. The molecule has 0 aromatic heterocycles. The van der Waals surface area contributed by atoms with Crippen LogP contribution in [0.25, 0.3) is 0 Å². The van der Waals surface area contributed by atoms with Crippen LogP contribution in [0, 0.1) is 0 Å². The first kappa shape index (κ1) is 6.86. The van der Waals surface area contributed by atoms with Gasteiger partial charge < -0.3 is 5.11 Å². The van der Waals surface area contributed by atoms with Gasteiger partial charge in [-0.25, -0.2) is 0 Å². The summed E-state index contributed by atoms with van der Waals surface area (Å²) in [4.78, 5) is 0. The molecule has 4 heteroatoms. The fourth-order valence-electron chi connectivity index (χ4n) is 0.694. The van der Waals surface area contributed by atoms with Crippen LogP contribution in [0.5, 0.6) is 0 Å². The monoisotopic (exact) mass is 140 g/mol. The summed E-state index contributed by atoms with van der Waals surface area (Å²) in [6.07, 6.45) is -4.65. The van der Waals surface area contributed by atoms with Crippen LogP contribution in [0.3, 0.4) is 0 Å². The predicted molar refractivity (Wildman–Crippen MR) is 24.9 cm³/mol. The maximum atomic E-state index is 11.4. The van der Waals surface area contributed by atoms with Crippen molar-refractivity contribution in [3.63, 3.8) is 0 Å². The van der Waals surface area contributed by atoms with Crippen LogP contribution in [-0.4, -0.2) is 16.9 Å². The second-order valence-corrected chi connectivity index (χ2v) is 2.52. The molecule has 9 heavy (non-hydrogen) atoms. The third-order valence-corrected chi connectivity index (χ3v) is 1.36. The van der Waals surface area contributed by atoms with E-state index in [2.05, 4.69) is 0 Å². The molecule has 0 aliphatic heterocycles. The highest BCUT2D eigenvalue weighted by Crippen LogP contribution is 2.43. The SMILES string of the molecule is OC1(CC(F)(F)F)CC1. The van der Waals surface area contributed by atoms with E-state index in [-0.39, 0.29) is 0 Å². The second kappa shape index (κ2) is 1.62. The Morgan fingerprint density at radius 3 is 1.89 bits per heavy atom. The smallest absolute Gasteiger partial charge is 0.390 e. The van der Waals surface area contributed by atoms with Crippen molar-refractivity contribution in [1.29, 1.82) is 0 Å². The van der Waals surface area contributed by atoms with E-state index < -0.39 is 18.2 Å². The van der Waals surface area contributed by atoms with E-state index in [1.165, 1.54) is 0 Å². The molecule has 1 N–H and O–H groups in total. The Morgan fingerprint density at radius 1 is 1.33 bits per heavy atom. The Bertz CT molecular complexity index is 111. The van der Waals surface area contributed by atoms with E-state index >= 15 is 0 Å². The third-order valence-electron chi connectivity index (χ3n) is 1.36. The van der Waals surface area contributed by atoms with Gasteiger partial charge >= 0.3 is 6.18 Å². The molecule has 0 saturated heterocycles. The van der Waals surface area contributed by atoms with Crippen molar-refractivity contribution in [2.24, 2.45) is 0 Å². The van der Waals surface area contributed by atoms with Crippen LogP contribution in [0.4, 0.5) is 13.2 Å². The van der Waals surface area contributed by atoms with E-state index in [1.54, 1.807) is 0 Å². The summed E-state index contributed by atoms with van der Waals surface area (Å²) in [6.45, 7) is 0. The highest BCUT2D eigenvalue weighted by Gasteiger charge is 2.49. The Labute approximate surface area is 50.5 Å². The van der Waals surface area contributed by atoms with Gasteiger partial charge in [-0.2, -0.15) is 13.2 Å². The van der Waals surface area contributed by atoms with Crippen LogP contribution in [-0.2, 0) is 0 Å². The molecule has 1 aliphatic carbocycles. The maximum Gasteiger partial charge on any atom is 0.391 e. The van der Waals surface area contributed by atoms with Crippen molar-refractivity contribution in [2.45, 2.75) is 31.0 Å². The first-order chi connectivity index (χ1) is 3.91. The molecule has 1 fully saturated rings. The Hall–Kier alpha value is -0.250. The largest absolute Gasteiger partial charge is 0.391 e. The van der Waals surface area contributed by atoms with Gasteiger partial charge in [0.1, 0.15) is 0 Å². The number of hydrogen-bond donors (Lipinski definition) is 1. The lowest BCUT2D eigenvalue weighted by atomic mass is 10.2. The molecule has 0 aromatic carbocycles. The molecule has 0 radical (unpaired) electrons. The van der Waals surface area contributed by atoms with Crippen LogP contribution in [0.2, 0.25) is 0 Å². The van der Waals surface area contributed by atoms with Crippen molar-refractivity contribution in [3.05, 3.63) is 0 Å². The molecular formula is C5H7F3O. The van der Waals surface area contributed by atoms with Gasteiger partial charge in [0.15, 0.2) is 0 Å². The highest BCUT2D eigenvalue weighted by molar-refractivity contribution is 4.94. The number of aliphatic hydroxyl groups is 1. The summed E-state index contributed by atoms with van der Waals surface area (Å²) in [5, 5.41) is 8.74. The van der Waals surface area contributed by atoms with E-state index in [0.717, 1.165) is 0 Å². The lowest BCUT2D eigenvalue weighted by Crippen LogP contribution is -2.19. The van der Waals surface area contributed by atoms with Gasteiger partial charge in [-0.15, -0.1) is 0 Å². The van der Waals surface area contributed by atoms with Crippen molar-refractivity contribution in [3.8, 4) is 0 Å². The molecule has 1 rings (SSSR count). The third kappa shape index (κ3) is 2.22. The molecule has 0 unspecified atom stereocenters. The summed E-state index contributed by atoms with van der Waals surface area (Å²) in [5.41, 5.74) is -1.39.